The van der Waals surface area contributed by atoms with Crippen LogP contribution in [0.1, 0.15) is 27.9 Å². The molecule has 1 aromatic carbocycles. The van der Waals surface area contributed by atoms with Gasteiger partial charge in [0.15, 0.2) is 0 Å². The third kappa shape index (κ3) is 3.00. The van der Waals surface area contributed by atoms with Gasteiger partial charge in [-0.25, -0.2) is 13.6 Å². The highest BCUT2D eigenvalue weighted by Gasteiger charge is 2.55. The molecule has 3 rings (SSSR count). The monoisotopic (exact) mass is 382 g/mol. The molecule has 0 aromatic heterocycles. The maximum atomic E-state index is 13.0. The van der Waals surface area contributed by atoms with Gasteiger partial charge in [0, 0.05) is 31.2 Å². The molecule has 142 valence electrons. The zero-order valence-corrected chi connectivity index (χ0v) is 15.5. The van der Waals surface area contributed by atoms with Crippen LogP contribution in [0.15, 0.2) is 17.0 Å². The third-order valence-electron chi connectivity index (χ3n) is 5.59. The van der Waals surface area contributed by atoms with Crippen LogP contribution in [0.4, 0.5) is 0 Å². The van der Waals surface area contributed by atoms with Gasteiger partial charge in [0.1, 0.15) is 0 Å². The molecule has 2 aliphatic heterocycles. The van der Waals surface area contributed by atoms with E-state index in [0.29, 0.717) is 30.8 Å². The van der Waals surface area contributed by atoms with Crippen molar-refractivity contribution in [3.63, 3.8) is 0 Å². The van der Waals surface area contributed by atoms with E-state index in [1.54, 1.807) is 19.9 Å². The number of nitrogens with zero attached hydrogens (tertiary/aromatic N) is 1. The van der Waals surface area contributed by atoms with Crippen LogP contribution in [0.25, 0.3) is 0 Å². The van der Waals surface area contributed by atoms with Crippen molar-refractivity contribution in [2.24, 2.45) is 16.5 Å². The third-order valence-corrected chi connectivity index (χ3v) is 6.63. The lowest BCUT2D eigenvalue weighted by atomic mass is 9.74. The fourth-order valence-electron chi connectivity index (χ4n) is 3.88. The predicted octanol–water partition coefficient (Wildman–Crippen LogP) is 0.514. The van der Waals surface area contributed by atoms with Crippen LogP contribution in [0, 0.1) is 25.2 Å². The van der Waals surface area contributed by atoms with Gasteiger partial charge in [-0.1, -0.05) is 0 Å². The van der Waals surface area contributed by atoms with E-state index in [1.807, 2.05) is 0 Å². The average Bonchev–Trinajstić information content (AvgIpc) is 2.96. The molecule has 8 nitrogen and oxygen atoms in total. The van der Waals surface area contributed by atoms with Crippen LogP contribution in [0.2, 0.25) is 0 Å². The lowest BCUT2D eigenvalue weighted by Gasteiger charge is -2.33. The van der Waals surface area contributed by atoms with E-state index in [4.69, 9.17) is 9.88 Å². The van der Waals surface area contributed by atoms with Gasteiger partial charge < -0.3 is 14.7 Å². The molecule has 1 aromatic rings. The minimum absolute atomic E-state index is 0.0891. The number of carboxylic acid groups (broad SMARTS) is 1. The van der Waals surface area contributed by atoms with Crippen LogP contribution < -0.4 is 5.14 Å². The van der Waals surface area contributed by atoms with Gasteiger partial charge in [-0.2, -0.15) is 0 Å². The summed E-state index contributed by atoms with van der Waals surface area (Å²) >= 11 is 0. The second-order valence-electron chi connectivity index (χ2n) is 7.13. The Kier molecular flexibility index (Phi) is 4.58. The minimum Gasteiger partial charge on any atom is -0.481 e. The number of benzene rings is 1. The first kappa shape index (κ1) is 18.8. The first-order chi connectivity index (χ1) is 12.1. The van der Waals surface area contributed by atoms with E-state index < -0.39 is 27.3 Å². The van der Waals surface area contributed by atoms with Gasteiger partial charge >= 0.3 is 5.97 Å². The topological polar surface area (TPSA) is 127 Å². The Hall–Kier alpha value is -1.97. The van der Waals surface area contributed by atoms with Gasteiger partial charge in [-0.3, -0.25) is 9.59 Å². The first-order valence-corrected chi connectivity index (χ1v) is 9.85. The number of rotatable bonds is 3. The summed E-state index contributed by atoms with van der Waals surface area (Å²) in [6, 6.07) is 2.88. The fraction of sp³-hybridized carbons (Fsp3) is 0.529. The lowest BCUT2D eigenvalue weighted by molar-refractivity contribution is -0.157. The highest BCUT2D eigenvalue weighted by Crippen LogP contribution is 2.43. The second kappa shape index (κ2) is 6.33. The second-order valence-corrected chi connectivity index (χ2v) is 8.66. The van der Waals surface area contributed by atoms with Crippen LogP contribution >= 0.6 is 0 Å². The van der Waals surface area contributed by atoms with Gasteiger partial charge in [0.2, 0.25) is 10.0 Å². The summed E-state index contributed by atoms with van der Waals surface area (Å²) in [4.78, 5) is 26.2. The standard InChI is InChI=1S/C17H22N2O6S/c1-10-5-12(6-14(11(10)2)26(18,23)24)15(20)19-7-13-8-25-4-3-17(13,9-19)16(21)22/h5-6,13H,3-4,7-9H2,1-2H3,(H,21,22)(H2,18,23,24)/t13-,17+/m0/s1. The number of primary sulfonamides is 1. The highest BCUT2D eigenvalue weighted by molar-refractivity contribution is 7.89. The molecule has 2 atom stereocenters. The Morgan fingerprint density at radius 3 is 2.62 bits per heavy atom. The molecule has 0 unspecified atom stereocenters. The van der Waals surface area contributed by atoms with Gasteiger partial charge in [-0.05, 0) is 43.5 Å². The van der Waals surface area contributed by atoms with Crippen LogP contribution in [-0.4, -0.2) is 56.6 Å². The van der Waals surface area contributed by atoms with E-state index in [-0.39, 0.29) is 29.5 Å². The van der Waals surface area contributed by atoms with Crippen molar-refractivity contribution in [3.8, 4) is 0 Å². The quantitative estimate of drug-likeness (QED) is 0.784. The highest BCUT2D eigenvalue weighted by atomic mass is 32.2. The summed E-state index contributed by atoms with van der Waals surface area (Å²) in [6.45, 7) is 4.34. The number of carbonyl (C=O) groups is 2. The number of amides is 1. The van der Waals surface area contributed by atoms with Crippen LogP contribution in [-0.2, 0) is 19.6 Å². The number of hydrogen-bond acceptors (Lipinski definition) is 5. The molecule has 0 bridgehead atoms. The molecule has 0 radical (unpaired) electrons. The van der Waals surface area contributed by atoms with E-state index in [2.05, 4.69) is 0 Å². The molecule has 3 N–H and O–H groups in total. The average molecular weight is 382 g/mol. The number of hydrogen-bond donors (Lipinski definition) is 2. The molecule has 2 aliphatic rings. The summed E-state index contributed by atoms with van der Waals surface area (Å²) in [5.41, 5.74) is 0.315. The summed E-state index contributed by atoms with van der Waals surface area (Å²) < 4.78 is 29.0. The number of nitrogens with two attached hydrogens (primary N) is 1. The molecule has 0 aliphatic carbocycles. The lowest BCUT2D eigenvalue weighted by Crippen LogP contribution is -2.45. The summed E-state index contributed by atoms with van der Waals surface area (Å²) in [7, 11) is -3.97. The maximum absolute atomic E-state index is 13.0. The van der Waals surface area contributed by atoms with Crippen LogP contribution in [0.3, 0.4) is 0 Å². The van der Waals surface area contributed by atoms with Crippen molar-refractivity contribution in [3.05, 3.63) is 28.8 Å². The van der Waals surface area contributed by atoms with Crippen molar-refractivity contribution in [1.82, 2.24) is 4.90 Å². The minimum atomic E-state index is -3.97. The molecule has 0 spiro atoms. The largest absolute Gasteiger partial charge is 0.481 e. The van der Waals surface area contributed by atoms with E-state index >= 15 is 0 Å². The molecule has 1 amide bonds. The number of aliphatic carboxylic acids is 1. The van der Waals surface area contributed by atoms with Gasteiger partial charge in [-0.15, -0.1) is 0 Å². The molecule has 2 saturated heterocycles. The number of likely N-dealkylation sites (tertiary alicyclic amines) is 1. The zero-order chi connectivity index (χ0) is 19.3. The Bertz CT molecular complexity index is 881. The Morgan fingerprint density at radius 2 is 2.04 bits per heavy atom. The zero-order valence-electron chi connectivity index (χ0n) is 14.7. The molecule has 2 fully saturated rings. The number of carbonyl (C=O) groups excluding carboxylic acids is 1. The molecule has 9 heteroatoms. The van der Waals surface area contributed by atoms with E-state index in [0.717, 1.165) is 0 Å². The van der Waals surface area contributed by atoms with E-state index in [9.17, 15) is 23.1 Å². The van der Waals surface area contributed by atoms with Gasteiger partial charge in [0.05, 0.1) is 16.9 Å². The van der Waals surface area contributed by atoms with Gasteiger partial charge in [0.25, 0.3) is 5.91 Å². The number of fused-ring (bicyclic) bond motifs is 1. The SMILES string of the molecule is Cc1cc(C(=O)N2C[C@H]3COCC[C@@]3(C(=O)O)C2)cc(S(N)(=O)=O)c1C. The molecule has 2 heterocycles. The summed E-state index contributed by atoms with van der Waals surface area (Å²) in [5, 5.41) is 15.0. The van der Waals surface area contributed by atoms with E-state index in [1.165, 1.54) is 11.0 Å². The van der Waals surface area contributed by atoms with Crippen molar-refractivity contribution < 1.29 is 27.9 Å². The number of carboxylic acids is 1. The number of sulfonamides is 1. The molecule has 0 saturated carbocycles. The molecule has 26 heavy (non-hydrogen) atoms. The Labute approximate surface area is 152 Å². The first-order valence-electron chi connectivity index (χ1n) is 8.31. The van der Waals surface area contributed by atoms with Crippen molar-refractivity contribution in [2.75, 3.05) is 26.3 Å². The normalized spacial score (nSPS) is 25.8. The number of aryl methyl sites for hydroxylation is 1. The predicted molar refractivity (Wildman–Crippen MR) is 92.2 cm³/mol. The Morgan fingerprint density at radius 1 is 1.35 bits per heavy atom. The Balaban J connectivity index is 1.96. The van der Waals surface area contributed by atoms with Crippen molar-refractivity contribution in [1.29, 1.82) is 0 Å². The van der Waals surface area contributed by atoms with Crippen LogP contribution in [0.5, 0.6) is 0 Å². The van der Waals surface area contributed by atoms with Crippen molar-refractivity contribution >= 4 is 21.9 Å². The smallest absolute Gasteiger partial charge is 0.311 e. The molecular formula is C17H22N2O6S. The number of ether oxygens (including phenoxy) is 1. The van der Waals surface area contributed by atoms with Crippen molar-refractivity contribution in [2.45, 2.75) is 25.2 Å². The summed E-state index contributed by atoms with van der Waals surface area (Å²) in [6.07, 6.45) is 0.353. The fourth-order valence-corrected chi connectivity index (χ4v) is 4.76. The summed E-state index contributed by atoms with van der Waals surface area (Å²) in [5.74, 6) is -1.60. The maximum Gasteiger partial charge on any atom is 0.311 e. The molecular weight excluding hydrogens is 360 g/mol.